The molecule has 0 saturated carbocycles. The molecule has 1 aliphatic rings. The summed E-state index contributed by atoms with van der Waals surface area (Å²) in [6, 6.07) is 14.7. The first kappa shape index (κ1) is 24.1. The molecule has 8 nitrogen and oxygen atoms in total. The van der Waals surface area contributed by atoms with Gasteiger partial charge in [0.2, 0.25) is 5.76 Å². The van der Waals surface area contributed by atoms with Crippen LogP contribution in [-0.2, 0) is 9.53 Å². The van der Waals surface area contributed by atoms with E-state index in [9.17, 15) is 18.8 Å². The van der Waals surface area contributed by atoms with Gasteiger partial charge in [-0.25, -0.2) is 19.0 Å². The second-order valence-electron chi connectivity index (χ2n) is 8.03. The van der Waals surface area contributed by atoms with E-state index in [4.69, 9.17) is 13.9 Å². The van der Waals surface area contributed by atoms with Gasteiger partial charge in [0.25, 0.3) is 5.56 Å². The Bertz CT molecular complexity index is 1720. The predicted molar refractivity (Wildman–Crippen MR) is 132 cm³/mol. The maximum atomic E-state index is 14.3. The Morgan fingerprint density at radius 1 is 1.08 bits per heavy atom. The minimum Gasteiger partial charge on any atom is -0.466 e. The van der Waals surface area contributed by atoms with Gasteiger partial charge in [-0.1, -0.05) is 41.7 Å². The molecule has 2 aromatic heterocycles. The topological polar surface area (TPSA) is 100 Å². The van der Waals surface area contributed by atoms with Crippen LogP contribution in [-0.4, -0.2) is 23.6 Å². The van der Waals surface area contributed by atoms with Crippen LogP contribution in [0.15, 0.2) is 92.4 Å². The number of allylic oxidation sites excluding steroid dienone is 1. The van der Waals surface area contributed by atoms with E-state index in [0.29, 0.717) is 16.1 Å². The highest BCUT2D eigenvalue weighted by molar-refractivity contribution is 7.07. The van der Waals surface area contributed by atoms with Crippen molar-refractivity contribution < 1.29 is 27.9 Å². The normalized spacial score (nSPS) is 15.2. The Balaban J connectivity index is 1.60. The summed E-state index contributed by atoms with van der Waals surface area (Å²) < 4.78 is 31.3. The van der Waals surface area contributed by atoms with Crippen molar-refractivity contribution >= 4 is 29.4 Å². The predicted octanol–water partition coefficient (Wildman–Crippen LogP) is 3.36. The third kappa shape index (κ3) is 4.54. The van der Waals surface area contributed by atoms with Crippen molar-refractivity contribution in [2.24, 2.45) is 4.99 Å². The number of carbonyl (C=O) groups excluding carboxylic acids is 2. The summed E-state index contributed by atoms with van der Waals surface area (Å²) in [6.45, 7) is 1.66. The molecule has 2 aromatic carbocycles. The average Bonchev–Trinajstić information content (AvgIpc) is 3.54. The number of nitrogens with zero attached hydrogens (tertiary/aromatic N) is 2. The number of aromatic nitrogens is 1. The van der Waals surface area contributed by atoms with Gasteiger partial charge in [-0.05, 0) is 48.9 Å². The average molecular weight is 519 g/mol. The van der Waals surface area contributed by atoms with E-state index in [2.05, 4.69) is 4.99 Å². The maximum absolute atomic E-state index is 14.3. The summed E-state index contributed by atoms with van der Waals surface area (Å²) in [5.41, 5.74) is 0.970. The molecule has 1 aliphatic heterocycles. The molecule has 0 fully saturated rings. The van der Waals surface area contributed by atoms with Crippen LogP contribution in [0.2, 0.25) is 0 Å². The number of rotatable bonds is 5. The van der Waals surface area contributed by atoms with Gasteiger partial charge in [-0.2, -0.15) is 0 Å². The molecule has 37 heavy (non-hydrogen) atoms. The summed E-state index contributed by atoms with van der Waals surface area (Å²) in [5, 5.41) is 0. The Morgan fingerprint density at radius 3 is 2.51 bits per heavy atom. The molecule has 1 unspecified atom stereocenters. The molecule has 0 radical (unpaired) electrons. The highest BCUT2D eigenvalue weighted by Crippen LogP contribution is 2.31. The van der Waals surface area contributed by atoms with Gasteiger partial charge in [-0.15, -0.1) is 0 Å². The number of fused-ring (bicyclic) bond motifs is 1. The number of carbonyl (C=O) groups is 2. The first-order chi connectivity index (χ1) is 17.9. The van der Waals surface area contributed by atoms with Crippen molar-refractivity contribution in [2.45, 2.75) is 13.0 Å². The highest BCUT2D eigenvalue weighted by Gasteiger charge is 2.33. The SMILES string of the molecule is COC(=O)C1=C(C)N=c2sc(=Cc3ccccc3F)c(=O)n2C1c1ccc(OC(=O)c2ccco2)cc1. The summed E-state index contributed by atoms with van der Waals surface area (Å²) in [4.78, 5) is 43.3. The van der Waals surface area contributed by atoms with Crippen LogP contribution in [0.3, 0.4) is 0 Å². The van der Waals surface area contributed by atoms with Gasteiger partial charge in [0.05, 0.1) is 35.2 Å². The molecule has 0 N–H and O–H groups in total. The Labute approximate surface area is 213 Å². The molecule has 5 rings (SSSR count). The number of ether oxygens (including phenoxy) is 2. The molecule has 0 bridgehead atoms. The minimum atomic E-state index is -0.860. The number of hydrogen-bond acceptors (Lipinski definition) is 8. The van der Waals surface area contributed by atoms with Crippen LogP contribution in [0, 0.1) is 5.82 Å². The van der Waals surface area contributed by atoms with Gasteiger partial charge in [0.15, 0.2) is 4.80 Å². The fourth-order valence-corrected chi connectivity index (χ4v) is 5.05. The molecule has 1 atom stereocenters. The maximum Gasteiger partial charge on any atom is 0.379 e. The van der Waals surface area contributed by atoms with Crippen molar-refractivity contribution in [3.05, 3.63) is 121 Å². The zero-order valence-corrected chi connectivity index (χ0v) is 20.5. The lowest BCUT2D eigenvalue weighted by Crippen LogP contribution is -2.39. The Hall–Kier alpha value is -4.57. The number of halogens is 1. The van der Waals surface area contributed by atoms with Gasteiger partial charge in [-0.3, -0.25) is 9.36 Å². The largest absolute Gasteiger partial charge is 0.466 e. The standard InChI is InChI=1S/C27H19FN2O6S/c1-15-22(26(33)34-2)23(16-9-11-18(12-10-16)36-25(32)20-8-5-13-35-20)30-24(31)21(37-27(30)29-15)14-17-6-3-4-7-19(17)28/h3-14,23H,1-2H3. The van der Waals surface area contributed by atoms with Crippen LogP contribution in [0.25, 0.3) is 6.08 Å². The summed E-state index contributed by atoms with van der Waals surface area (Å²) >= 11 is 1.09. The van der Waals surface area contributed by atoms with Gasteiger partial charge < -0.3 is 13.9 Å². The number of furan rings is 1. The molecular weight excluding hydrogens is 499 g/mol. The number of hydrogen-bond donors (Lipinski definition) is 0. The van der Waals surface area contributed by atoms with E-state index in [1.54, 1.807) is 55.5 Å². The van der Waals surface area contributed by atoms with E-state index in [1.807, 2.05) is 0 Å². The van der Waals surface area contributed by atoms with Crippen molar-refractivity contribution in [3.8, 4) is 5.75 Å². The van der Waals surface area contributed by atoms with Gasteiger partial charge >= 0.3 is 11.9 Å². The fraction of sp³-hybridized carbons (Fsp3) is 0.111. The van der Waals surface area contributed by atoms with Crippen LogP contribution in [0.4, 0.5) is 4.39 Å². The third-order valence-corrected chi connectivity index (χ3v) is 6.73. The van der Waals surface area contributed by atoms with Crippen LogP contribution in [0.1, 0.15) is 34.6 Å². The molecule has 0 aliphatic carbocycles. The van der Waals surface area contributed by atoms with Crippen LogP contribution < -0.4 is 19.6 Å². The molecule has 186 valence electrons. The lowest BCUT2D eigenvalue weighted by molar-refractivity contribution is -0.136. The zero-order chi connectivity index (χ0) is 26.1. The van der Waals surface area contributed by atoms with E-state index in [1.165, 1.54) is 36.1 Å². The lowest BCUT2D eigenvalue weighted by Gasteiger charge is -2.24. The van der Waals surface area contributed by atoms with E-state index in [0.717, 1.165) is 11.3 Å². The highest BCUT2D eigenvalue weighted by atomic mass is 32.1. The quantitative estimate of drug-likeness (QED) is 0.297. The number of benzene rings is 2. The molecule has 0 amide bonds. The van der Waals surface area contributed by atoms with E-state index < -0.39 is 29.4 Å². The Morgan fingerprint density at radius 2 is 1.84 bits per heavy atom. The Kier molecular flexibility index (Phi) is 6.41. The minimum absolute atomic E-state index is 0.0533. The zero-order valence-electron chi connectivity index (χ0n) is 19.6. The smallest absolute Gasteiger partial charge is 0.379 e. The summed E-state index contributed by atoms with van der Waals surface area (Å²) in [7, 11) is 1.25. The molecule has 4 aromatic rings. The first-order valence-corrected chi connectivity index (χ1v) is 11.9. The van der Waals surface area contributed by atoms with Crippen LogP contribution in [0.5, 0.6) is 5.75 Å². The van der Waals surface area contributed by atoms with Crippen molar-refractivity contribution in [1.82, 2.24) is 4.57 Å². The van der Waals surface area contributed by atoms with Crippen LogP contribution >= 0.6 is 11.3 Å². The van der Waals surface area contributed by atoms with E-state index in [-0.39, 0.29) is 27.2 Å². The van der Waals surface area contributed by atoms with E-state index >= 15 is 0 Å². The molecule has 0 spiro atoms. The summed E-state index contributed by atoms with van der Waals surface area (Å²) in [6.07, 6.45) is 2.83. The summed E-state index contributed by atoms with van der Waals surface area (Å²) in [5.74, 6) is -1.46. The molecule has 3 heterocycles. The fourth-order valence-electron chi connectivity index (χ4n) is 4.01. The van der Waals surface area contributed by atoms with Gasteiger partial charge in [0, 0.05) is 5.56 Å². The van der Waals surface area contributed by atoms with Crippen molar-refractivity contribution in [3.63, 3.8) is 0 Å². The molecular formula is C27H19FN2O6S. The van der Waals surface area contributed by atoms with Gasteiger partial charge in [0.1, 0.15) is 11.6 Å². The molecule has 0 saturated heterocycles. The molecule has 10 heteroatoms. The number of esters is 2. The third-order valence-electron chi connectivity index (χ3n) is 5.75. The number of thiazole rings is 1. The second-order valence-corrected chi connectivity index (χ2v) is 9.04. The van der Waals surface area contributed by atoms with Crippen molar-refractivity contribution in [2.75, 3.05) is 7.11 Å². The monoisotopic (exact) mass is 518 g/mol. The first-order valence-electron chi connectivity index (χ1n) is 11.1. The van der Waals surface area contributed by atoms with Crippen molar-refractivity contribution in [1.29, 1.82) is 0 Å². The number of methoxy groups -OCH3 is 1. The second kappa shape index (κ2) is 9.82. The lowest BCUT2D eigenvalue weighted by atomic mass is 9.96.